The van der Waals surface area contributed by atoms with E-state index in [2.05, 4.69) is 47.7 Å². The molecule has 0 saturated heterocycles. The summed E-state index contributed by atoms with van der Waals surface area (Å²) in [5, 5.41) is 0. The zero-order valence-corrected chi connectivity index (χ0v) is 18.4. The van der Waals surface area contributed by atoms with E-state index in [1.54, 1.807) is 0 Å². The van der Waals surface area contributed by atoms with E-state index in [4.69, 9.17) is 0 Å². The number of hydrogen-bond donors (Lipinski definition) is 1. The Morgan fingerprint density at radius 1 is 1.07 bits per heavy atom. The maximum Gasteiger partial charge on any atom is 0.241 e. The number of anilines is 1. The van der Waals surface area contributed by atoms with Gasteiger partial charge in [-0.15, -0.1) is 0 Å². The first kappa shape index (κ1) is 20.9. The highest BCUT2D eigenvalue weighted by Gasteiger charge is 2.28. The van der Waals surface area contributed by atoms with E-state index in [0.29, 0.717) is 11.4 Å². The van der Waals surface area contributed by atoms with Crippen molar-refractivity contribution in [3.8, 4) is 0 Å². The maximum absolute atomic E-state index is 13.3. The average Bonchev–Trinajstić information content (AvgIpc) is 2.60. The molecule has 5 heteroatoms. The molecule has 1 N–H and O–H groups in total. The second-order valence-corrected chi connectivity index (χ2v) is 10.0. The summed E-state index contributed by atoms with van der Waals surface area (Å²) in [4.78, 5) is 2.75. The van der Waals surface area contributed by atoms with Gasteiger partial charge < -0.3 is 4.90 Å². The number of nitrogens with one attached hydrogen (secondary N) is 1. The lowest BCUT2D eigenvalue weighted by molar-refractivity contribution is 0.439. The molecule has 0 bridgehead atoms. The molecule has 1 aliphatic rings. The first-order valence-corrected chi connectivity index (χ1v) is 11.6. The summed E-state index contributed by atoms with van der Waals surface area (Å²) in [6.45, 7) is 11.5. The third kappa shape index (κ3) is 4.41. The van der Waals surface area contributed by atoms with Gasteiger partial charge >= 0.3 is 0 Å². The second kappa shape index (κ2) is 8.26. The van der Waals surface area contributed by atoms with E-state index in [1.807, 2.05) is 32.9 Å². The molecule has 2 aromatic carbocycles. The van der Waals surface area contributed by atoms with Crippen molar-refractivity contribution in [3.63, 3.8) is 0 Å². The van der Waals surface area contributed by atoms with E-state index in [0.717, 1.165) is 36.1 Å². The van der Waals surface area contributed by atoms with Crippen LogP contribution < -0.4 is 9.62 Å². The predicted octanol–water partition coefficient (Wildman–Crippen LogP) is 4.37. The first-order chi connectivity index (χ1) is 13.2. The molecule has 0 fully saturated rings. The highest BCUT2D eigenvalue weighted by molar-refractivity contribution is 7.89. The highest BCUT2D eigenvalue weighted by Crippen LogP contribution is 2.28. The van der Waals surface area contributed by atoms with Crippen molar-refractivity contribution in [1.29, 1.82) is 0 Å². The molecule has 1 aliphatic heterocycles. The highest BCUT2D eigenvalue weighted by atomic mass is 32.2. The van der Waals surface area contributed by atoms with Crippen molar-refractivity contribution < 1.29 is 8.42 Å². The van der Waals surface area contributed by atoms with Crippen LogP contribution in [-0.2, 0) is 16.4 Å². The third-order valence-corrected chi connectivity index (χ3v) is 7.40. The van der Waals surface area contributed by atoms with Crippen LogP contribution in [0.4, 0.5) is 5.69 Å². The summed E-state index contributed by atoms with van der Waals surface area (Å²) in [5.74, 6) is 0.190. The lowest BCUT2D eigenvalue weighted by atomic mass is 9.99. The van der Waals surface area contributed by atoms with E-state index < -0.39 is 10.0 Å². The number of benzene rings is 2. The third-order valence-electron chi connectivity index (χ3n) is 5.61. The van der Waals surface area contributed by atoms with Gasteiger partial charge in [0.05, 0.1) is 4.90 Å². The first-order valence-electron chi connectivity index (χ1n) is 10.1. The molecule has 0 aromatic heterocycles. The lowest BCUT2D eigenvalue weighted by Crippen LogP contribution is -2.48. The Labute approximate surface area is 170 Å². The van der Waals surface area contributed by atoms with Crippen molar-refractivity contribution >= 4 is 15.7 Å². The van der Waals surface area contributed by atoms with Gasteiger partial charge in [0.1, 0.15) is 0 Å². The number of fused-ring (bicyclic) bond motifs is 1. The molecule has 2 aromatic rings. The van der Waals surface area contributed by atoms with Crippen LogP contribution in [0.1, 0.15) is 42.5 Å². The van der Waals surface area contributed by atoms with Gasteiger partial charge in [0.15, 0.2) is 0 Å². The topological polar surface area (TPSA) is 49.4 Å². The molecule has 1 atom stereocenters. The quantitative estimate of drug-likeness (QED) is 0.783. The summed E-state index contributed by atoms with van der Waals surface area (Å²) in [6, 6.07) is 12.2. The summed E-state index contributed by atoms with van der Waals surface area (Å²) >= 11 is 0. The van der Waals surface area contributed by atoms with Crippen LogP contribution >= 0.6 is 0 Å². The summed E-state index contributed by atoms with van der Waals surface area (Å²) in [7, 11) is -3.59. The van der Waals surface area contributed by atoms with Gasteiger partial charge in [-0.05, 0) is 62.3 Å². The molecule has 0 saturated carbocycles. The fraction of sp³-hybridized carbons (Fsp3) is 0.478. The van der Waals surface area contributed by atoms with E-state index in [9.17, 15) is 8.42 Å². The number of hydrogen-bond acceptors (Lipinski definition) is 3. The summed E-state index contributed by atoms with van der Waals surface area (Å²) in [5.41, 5.74) is 5.27. The van der Waals surface area contributed by atoms with Gasteiger partial charge in [-0.1, -0.05) is 49.7 Å². The number of sulfonamides is 1. The van der Waals surface area contributed by atoms with E-state index >= 15 is 0 Å². The average molecular weight is 401 g/mol. The maximum atomic E-state index is 13.3. The smallest absolute Gasteiger partial charge is 0.241 e. The number of nitrogens with zero attached hydrogens (tertiary/aromatic N) is 1. The number of aryl methyl sites for hydroxylation is 4. The van der Waals surface area contributed by atoms with E-state index in [1.165, 1.54) is 11.3 Å². The molecule has 152 valence electrons. The van der Waals surface area contributed by atoms with Crippen molar-refractivity contribution in [2.24, 2.45) is 5.92 Å². The molecule has 1 unspecified atom stereocenters. The Morgan fingerprint density at radius 2 is 1.71 bits per heavy atom. The molecule has 1 heterocycles. The normalized spacial score (nSPS) is 15.6. The van der Waals surface area contributed by atoms with Gasteiger partial charge in [-0.2, -0.15) is 0 Å². The monoisotopic (exact) mass is 400 g/mol. The standard InChI is InChI=1S/C23H32N2O2S/c1-16(2)21(15-25-12-8-10-20-9-6-7-11-22(20)25)24-28(26,27)23-18(4)13-17(3)14-19(23)5/h6-7,9,11,13-14,16,21,24H,8,10,12,15H2,1-5H3. The largest absolute Gasteiger partial charge is 0.370 e. The van der Waals surface area contributed by atoms with Crippen LogP contribution in [0.5, 0.6) is 0 Å². The Kier molecular flexibility index (Phi) is 6.15. The van der Waals surface area contributed by atoms with Crippen molar-refractivity contribution in [2.45, 2.75) is 58.4 Å². The molecule has 28 heavy (non-hydrogen) atoms. The minimum absolute atomic E-state index is 0.156. The molecule has 4 nitrogen and oxygen atoms in total. The minimum atomic E-state index is -3.59. The fourth-order valence-corrected chi connectivity index (χ4v) is 6.10. The predicted molar refractivity (Wildman–Crippen MR) is 117 cm³/mol. The van der Waals surface area contributed by atoms with Gasteiger partial charge in [0.2, 0.25) is 10.0 Å². The van der Waals surface area contributed by atoms with Crippen LogP contribution in [-0.4, -0.2) is 27.5 Å². The molecular formula is C23H32N2O2S. The Hall–Kier alpha value is -1.85. The second-order valence-electron chi connectivity index (χ2n) is 8.38. The van der Waals surface area contributed by atoms with Crippen LogP contribution in [0.15, 0.2) is 41.3 Å². The van der Waals surface area contributed by atoms with Crippen molar-refractivity contribution in [3.05, 3.63) is 58.7 Å². The Balaban J connectivity index is 1.87. The number of rotatable bonds is 6. The van der Waals surface area contributed by atoms with Crippen molar-refractivity contribution in [1.82, 2.24) is 4.72 Å². The Morgan fingerprint density at radius 3 is 2.36 bits per heavy atom. The minimum Gasteiger partial charge on any atom is -0.370 e. The van der Waals surface area contributed by atoms with Gasteiger partial charge in [-0.3, -0.25) is 0 Å². The molecular weight excluding hydrogens is 368 g/mol. The van der Waals surface area contributed by atoms with Crippen LogP contribution in [0.2, 0.25) is 0 Å². The molecule has 0 aliphatic carbocycles. The van der Waals surface area contributed by atoms with Gasteiger partial charge in [0, 0.05) is 24.8 Å². The van der Waals surface area contributed by atoms with Crippen molar-refractivity contribution in [2.75, 3.05) is 18.0 Å². The van der Waals surface area contributed by atoms with Crippen LogP contribution in [0, 0.1) is 26.7 Å². The summed E-state index contributed by atoms with van der Waals surface area (Å²) in [6.07, 6.45) is 2.19. The van der Waals surface area contributed by atoms with Crippen LogP contribution in [0.25, 0.3) is 0 Å². The van der Waals surface area contributed by atoms with E-state index in [-0.39, 0.29) is 12.0 Å². The zero-order chi connectivity index (χ0) is 20.5. The summed E-state index contributed by atoms with van der Waals surface area (Å²) < 4.78 is 29.5. The van der Waals surface area contributed by atoms with Gasteiger partial charge in [-0.25, -0.2) is 13.1 Å². The zero-order valence-electron chi connectivity index (χ0n) is 17.6. The number of para-hydroxylation sites is 1. The SMILES string of the molecule is Cc1cc(C)c(S(=O)(=O)NC(CN2CCCc3ccccc32)C(C)C)c(C)c1. The van der Waals surface area contributed by atoms with Crippen LogP contribution in [0.3, 0.4) is 0 Å². The molecule has 0 amide bonds. The Bertz CT molecular complexity index is 928. The molecule has 0 radical (unpaired) electrons. The molecule has 3 rings (SSSR count). The molecule has 0 spiro atoms. The van der Waals surface area contributed by atoms with Gasteiger partial charge in [0.25, 0.3) is 0 Å². The lowest BCUT2D eigenvalue weighted by Gasteiger charge is -2.35. The fourth-order valence-electron chi connectivity index (χ4n) is 4.27.